The number of nitrogens with zero attached hydrogens (tertiary/aromatic N) is 3. The minimum absolute atomic E-state index is 0.0161. The van der Waals surface area contributed by atoms with Crippen LogP contribution in [-0.2, 0) is 9.63 Å². The zero-order valence-corrected chi connectivity index (χ0v) is 19.5. The van der Waals surface area contributed by atoms with E-state index in [0.29, 0.717) is 17.2 Å². The first-order chi connectivity index (χ1) is 15.0. The van der Waals surface area contributed by atoms with Crippen molar-refractivity contribution in [3.63, 3.8) is 0 Å². The number of fused-ring (bicyclic) bond motifs is 3. The van der Waals surface area contributed by atoms with Crippen molar-refractivity contribution in [2.45, 2.75) is 70.5 Å². The Bertz CT molecular complexity index is 997. The third-order valence-electron chi connectivity index (χ3n) is 6.14. The third kappa shape index (κ3) is 4.67. The Labute approximate surface area is 188 Å². The summed E-state index contributed by atoms with van der Waals surface area (Å²) in [6, 6.07) is 4.48. The molecule has 1 heterocycles. The normalized spacial score (nSPS) is 19.3. The number of hydroxylamine groups is 1. The molecule has 174 valence electrons. The summed E-state index contributed by atoms with van der Waals surface area (Å²) < 4.78 is 14.3. The van der Waals surface area contributed by atoms with E-state index in [1.807, 2.05) is 20.8 Å². The number of rotatable bonds is 8. The second-order valence-corrected chi connectivity index (χ2v) is 8.91. The largest absolute Gasteiger partial charge is 0.393 e. The number of hydrogen-bond acceptors (Lipinski definition) is 7. The fourth-order valence-corrected chi connectivity index (χ4v) is 4.65. The van der Waals surface area contributed by atoms with Crippen LogP contribution in [0.2, 0.25) is 0 Å². The molecular formula is C24H32FN3O4. The average Bonchev–Trinajstić information content (AvgIpc) is 2.71. The predicted octanol–water partition coefficient (Wildman–Crippen LogP) is 3.70. The van der Waals surface area contributed by atoms with Gasteiger partial charge in [0.1, 0.15) is 11.6 Å². The lowest BCUT2D eigenvalue weighted by Crippen LogP contribution is -2.32. The zero-order valence-electron chi connectivity index (χ0n) is 19.5. The highest BCUT2D eigenvalue weighted by atomic mass is 19.1. The number of anilines is 1. The third-order valence-corrected chi connectivity index (χ3v) is 6.14. The van der Waals surface area contributed by atoms with Gasteiger partial charge in [0.15, 0.2) is 0 Å². The van der Waals surface area contributed by atoms with Crippen LogP contribution in [0.4, 0.5) is 10.3 Å². The number of aliphatic hydroxyl groups excluding tert-OH is 2. The molecule has 7 nitrogen and oxygen atoms in total. The monoisotopic (exact) mass is 445 g/mol. The molecule has 2 aromatic rings. The van der Waals surface area contributed by atoms with Crippen LogP contribution in [0.3, 0.4) is 0 Å². The van der Waals surface area contributed by atoms with Crippen molar-refractivity contribution in [1.82, 2.24) is 9.97 Å². The van der Waals surface area contributed by atoms with E-state index in [1.54, 1.807) is 13.1 Å². The molecule has 32 heavy (non-hydrogen) atoms. The van der Waals surface area contributed by atoms with Gasteiger partial charge in [0.2, 0.25) is 5.95 Å². The number of aromatic nitrogens is 2. The van der Waals surface area contributed by atoms with Crippen LogP contribution in [0.1, 0.15) is 75.1 Å². The standard InChI is InChI=1S/C24H32FN3O4/c1-12(2)22-21-14(4)20(19(31)11-16(30)9-13(3)29)18-10-15(25)7-8-17(18)23(21)27-24(26-22)28(5)32-6/h7-8,10,12,14,16,19-20,30-31H,9,11H2,1-6H3/t14?,16-,19-,20+/m0/s1. The Hall–Kier alpha value is -2.42. The lowest BCUT2D eigenvalue weighted by Gasteiger charge is -2.38. The SMILES string of the molecule is CON(C)c1nc2c(c(C(C)C)n1)C(C)[C@@H]([C@@H](O)C[C@@H](O)CC(C)=O)c1cc(F)ccc1-2. The topological polar surface area (TPSA) is 95.8 Å². The van der Waals surface area contributed by atoms with Crippen molar-refractivity contribution in [3.05, 3.63) is 40.8 Å². The van der Waals surface area contributed by atoms with Crippen molar-refractivity contribution in [2.75, 3.05) is 19.2 Å². The van der Waals surface area contributed by atoms with Crippen molar-refractivity contribution in [2.24, 2.45) is 0 Å². The van der Waals surface area contributed by atoms with Crippen LogP contribution in [0.5, 0.6) is 0 Å². The van der Waals surface area contributed by atoms with E-state index in [-0.39, 0.29) is 30.5 Å². The Kier molecular flexibility index (Phi) is 7.27. The van der Waals surface area contributed by atoms with Gasteiger partial charge in [-0.15, -0.1) is 0 Å². The quantitative estimate of drug-likeness (QED) is 0.598. The van der Waals surface area contributed by atoms with Gasteiger partial charge in [-0.1, -0.05) is 20.8 Å². The Morgan fingerprint density at radius 3 is 2.56 bits per heavy atom. The lowest BCUT2D eigenvalue weighted by molar-refractivity contribution is -0.119. The van der Waals surface area contributed by atoms with Crippen LogP contribution in [0, 0.1) is 5.82 Å². The zero-order chi connectivity index (χ0) is 23.7. The summed E-state index contributed by atoms with van der Waals surface area (Å²) in [5.41, 5.74) is 3.78. The van der Waals surface area contributed by atoms with Crippen molar-refractivity contribution < 1.29 is 24.2 Å². The maximum atomic E-state index is 14.3. The Morgan fingerprint density at radius 2 is 1.97 bits per heavy atom. The highest BCUT2D eigenvalue weighted by Gasteiger charge is 2.40. The van der Waals surface area contributed by atoms with Crippen molar-refractivity contribution >= 4 is 11.7 Å². The van der Waals surface area contributed by atoms with E-state index in [9.17, 15) is 19.4 Å². The van der Waals surface area contributed by atoms with Gasteiger partial charge in [0, 0.05) is 36.9 Å². The van der Waals surface area contributed by atoms with Crippen LogP contribution >= 0.6 is 0 Å². The first kappa shape index (κ1) is 24.2. The van der Waals surface area contributed by atoms with E-state index in [0.717, 1.165) is 16.8 Å². The summed E-state index contributed by atoms with van der Waals surface area (Å²) in [6.45, 7) is 7.44. The maximum absolute atomic E-state index is 14.3. The van der Waals surface area contributed by atoms with E-state index < -0.39 is 23.9 Å². The number of benzene rings is 1. The van der Waals surface area contributed by atoms with Gasteiger partial charge in [-0.05, 0) is 42.5 Å². The van der Waals surface area contributed by atoms with E-state index >= 15 is 0 Å². The molecule has 0 radical (unpaired) electrons. The first-order valence-electron chi connectivity index (χ1n) is 10.9. The molecule has 1 aromatic heterocycles. The minimum Gasteiger partial charge on any atom is -0.393 e. The highest BCUT2D eigenvalue weighted by Crippen LogP contribution is 2.50. The first-order valence-corrected chi connectivity index (χ1v) is 10.9. The van der Waals surface area contributed by atoms with Crippen molar-refractivity contribution in [1.29, 1.82) is 0 Å². The maximum Gasteiger partial charge on any atom is 0.250 e. The summed E-state index contributed by atoms with van der Waals surface area (Å²) in [7, 11) is 3.25. The number of Topliss-reactive ketones (excluding diaryl/α,β-unsaturated/α-hetero) is 1. The molecule has 0 spiro atoms. The van der Waals surface area contributed by atoms with E-state index in [4.69, 9.17) is 14.8 Å². The predicted molar refractivity (Wildman–Crippen MR) is 120 cm³/mol. The number of carbonyl (C=O) groups excluding carboxylic acids is 1. The minimum atomic E-state index is -0.977. The molecule has 3 rings (SSSR count). The van der Waals surface area contributed by atoms with E-state index in [1.165, 1.54) is 31.2 Å². The molecule has 4 atom stereocenters. The van der Waals surface area contributed by atoms with Crippen LogP contribution in [0.15, 0.2) is 18.2 Å². The Balaban J connectivity index is 2.18. The Morgan fingerprint density at radius 1 is 1.28 bits per heavy atom. The number of hydrogen-bond donors (Lipinski definition) is 2. The fraction of sp³-hybridized carbons (Fsp3) is 0.542. The van der Waals surface area contributed by atoms with Crippen LogP contribution in [0.25, 0.3) is 11.3 Å². The molecule has 1 aliphatic carbocycles. The summed E-state index contributed by atoms with van der Waals surface area (Å²) in [4.78, 5) is 26.1. The summed E-state index contributed by atoms with van der Waals surface area (Å²) in [5, 5.41) is 22.9. The summed E-state index contributed by atoms with van der Waals surface area (Å²) in [6.07, 6.45) is -1.96. The van der Waals surface area contributed by atoms with Gasteiger partial charge in [-0.25, -0.2) is 19.4 Å². The molecule has 2 N–H and O–H groups in total. The lowest BCUT2D eigenvalue weighted by atomic mass is 9.69. The van der Waals surface area contributed by atoms with Gasteiger partial charge in [-0.2, -0.15) is 0 Å². The number of aliphatic hydroxyl groups is 2. The molecule has 0 amide bonds. The van der Waals surface area contributed by atoms with Gasteiger partial charge in [0.25, 0.3) is 0 Å². The molecule has 1 aliphatic rings. The van der Waals surface area contributed by atoms with Gasteiger partial charge in [-0.3, -0.25) is 9.63 Å². The molecule has 0 fully saturated rings. The number of ketones is 1. The molecule has 8 heteroatoms. The van der Waals surface area contributed by atoms with Gasteiger partial charge < -0.3 is 10.2 Å². The second kappa shape index (κ2) is 9.60. The fourth-order valence-electron chi connectivity index (χ4n) is 4.65. The van der Waals surface area contributed by atoms with Crippen molar-refractivity contribution in [3.8, 4) is 11.3 Å². The summed E-state index contributed by atoms with van der Waals surface area (Å²) >= 11 is 0. The average molecular weight is 446 g/mol. The molecule has 0 saturated carbocycles. The molecule has 1 aromatic carbocycles. The van der Waals surface area contributed by atoms with Crippen LogP contribution < -0.4 is 5.06 Å². The van der Waals surface area contributed by atoms with Gasteiger partial charge in [0.05, 0.1) is 30.7 Å². The number of halogens is 1. The number of carbonyl (C=O) groups is 1. The molecule has 1 unspecified atom stereocenters. The van der Waals surface area contributed by atoms with E-state index in [2.05, 4.69) is 0 Å². The van der Waals surface area contributed by atoms with Crippen LogP contribution in [-0.4, -0.2) is 52.3 Å². The molecular weight excluding hydrogens is 413 g/mol. The van der Waals surface area contributed by atoms with Gasteiger partial charge >= 0.3 is 0 Å². The molecule has 0 bridgehead atoms. The molecule has 0 saturated heterocycles. The highest BCUT2D eigenvalue weighted by molar-refractivity contribution is 5.76. The summed E-state index contributed by atoms with van der Waals surface area (Å²) in [5.74, 6) is -0.814. The molecule has 0 aliphatic heterocycles. The smallest absolute Gasteiger partial charge is 0.250 e. The second-order valence-electron chi connectivity index (χ2n) is 8.91.